The van der Waals surface area contributed by atoms with Crippen molar-refractivity contribution in [1.29, 1.82) is 0 Å². The number of amides is 1. The summed E-state index contributed by atoms with van der Waals surface area (Å²) >= 11 is 0. The predicted octanol–water partition coefficient (Wildman–Crippen LogP) is 0.807. The van der Waals surface area contributed by atoms with E-state index in [0.29, 0.717) is 17.7 Å². The van der Waals surface area contributed by atoms with Crippen LogP contribution in [0.1, 0.15) is 29.0 Å². The summed E-state index contributed by atoms with van der Waals surface area (Å²) in [5.41, 5.74) is 0.822. The minimum absolute atomic E-state index is 0.00148. The van der Waals surface area contributed by atoms with Crippen LogP contribution in [0, 0.1) is 12.8 Å². The predicted molar refractivity (Wildman–Crippen MR) is 61.7 cm³/mol. The van der Waals surface area contributed by atoms with E-state index in [1.807, 2.05) is 11.8 Å². The van der Waals surface area contributed by atoms with E-state index < -0.39 is 0 Å². The Hall–Kier alpha value is -1.36. The molecule has 1 aromatic heterocycles. The Morgan fingerprint density at radius 1 is 1.59 bits per heavy atom. The lowest BCUT2D eigenvalue weighted by molar-refractivity contribution is 0.0532. The molecular weight excluding hydrogens is 218 g/mol. The second kappa shape index (κ2) is 4.14. The van der Waals surface area contributed by atoms with Crippen LogP contribution in [-0.4, -0.2) is 41.6 Å². The standard InChI is InChI=1S/C12H17N3O2/c1-8-5-14-17-11(8)12(16)15-4-2-3-9-6-13-7-10(9)15/h5,9-10,13H,2-4,6-7H2,1H3. The summed E-state index contributed by atoms with van der Waals surface area (Å²) in [6, 6.07) is 0.334. The third-order valence-corrected chi connectivity index (χ3v) is 3.88. The van der Waals surface area contributed by atoms with Crippen molar-refractivity contribution in [1.82, 2.24) is 15.4 Å². The smallest absolute Gasteiger partial charge is 0.293 e. The minimum Gasteiger partial charge on any atom is -0.351 e. The maximum atomic E-state index is 12.4. The Balaban J connectivity index is 1.83. The molecule has 3 heterocycles. The van der Waals surface area contributed by atoms with Gasteiger partial charge in [-0.25, -0.2) is 0 Å². The monoisotopic (exact) mass is 235 g/mol. The van der Waals surface area contributed by atoms with Gasteiger partial charge in [-0.3, -0.25) is 4.79 Å². The van der Waals surface area contributed by atoms with Gasteiger partial charge in [0.25, 0.3) is 5.91 Å². The second-order valence-corrected chi connectivity index (χ2v) is 4.96. The van der Waals surface area contributed by atoms with Crippen LogP contribution >= 0.6 is 0 Å². The fourth-order valence-electron chi connectivity index (χ4n) is 2.95. The van der Waals surface area contributed by atoms with E-state index >= 15 is 0 Å². The molecule has 2 saturated heterocycles. The van der Waals surface area contributed by atoms with Crippen molar-refractivity contribution in [3.63, 3.8) is 0 Å². The summed E-state index contributed by atoms with van der Waals surface area (Å²) in [4.78, 5) is 14.3. The molecule has 0 spiro atoms. The first-order valence-electron chi connectivity index (χ1n) is 6.20. The average molecular weight is 235 g/mol. The zero-order valence-electron chi connectivity index (χ0n) is 9.98. The van der Waals surface area contributed by atoms with E-state index in [1.165, 1.54) is 6.42 Å². The molecule has 1 aromatic rings. The van der Waals surface area contributed by atoms with E-state index in [9.17, 15) is 4.79 Å². The first-order chi connectivity index (χ1) is 8.27. The van der Waals surface area contributed by atoms with Crippen molar-refractivity contribution in [2.75, 3.05) is 19.6 Å². The molecule has 5 nitrogen and oxygen atoms in total. The Bertz CT molecular complexity index is 429. The number of likely N-dealkylation sites (tertiary alicyclic amines) is 1. The maximum Gasteiger partial charge on any atom is 0.293 e. The molecule has 1 N–H and O–H groups in total. The third-order valence-electron chi connectivity index (χ3n) is 3.88. The summed E-state index contributed by atoms with van der Waals surface area (Å²) < 4.78 is 5.07. The molecule has 2 aliphatic heterocycles. The van der Waals surface area contributed by atoms with Crippen molar-refractivity contribution in [2.24, 2.45) is 5.92 Å². The van der Waals surface area contributed by atoms with Gasteiger partial charge in [0.1, 0.15) is 0 Å². The molecule has 0 aliphatic carbocycles. The Kier molecular flexibility index (Phi) is 2.63. The van der Waals surface area contributed by atoms with E-state index in [1.54, 1.807) is 6.20 Å². The van der Waals surface area contributed by atoms with Crippen LogP contribution < -0.4 is 5.32 Å². The number of aromatic nitrogens is 1. The summed E-state index contributed by atoms with van der Waals surface area (Å²) in [6.07, 6.45) is 3.90. The van der Waals surface area contributed by atoms with E-state index in [0.717, 1.165) is 31.6 Å². The maximum absolute atomic E-state index is 12.4. The number of nitrogens with zero attached hydrogens (tertiary/aromatic N) is 2. The number of carbonyl (C=O) groups excluding carboxylic acids is 1. The highest BCUT2D eigenvalue weighted by Gasteiger charge is 2.38. The van der Waals surface area contributed by atoms with Crippen LogP contribution in [0.2, 0.25) is 0 Å². The van der Waals surface area contributed by atoms with Crippen molar-refractivity contribution in [3.05, 3.63) is 17.5 Å². The largest absolute Gasteiger partial charge is 0.351 e. The van der Waals surface area contributed by atoms with Gasteiger partial charge in [-0.05, 0) is 25.7 Å². The number of hydrogen-bond acceptors (Lipinski definition) is 4. The molecular formula is C12H17N3O2. The molecule has 2 unspecified atom stereocenters. The van der Waals surface area contributed by atoms with Gasteiger partial charge < -0.3 is 14.7 Å². The molecule has 3 rings (SSSR count). The van der Waals surface area contributed by atoms with Gasteiger partial charge in [-0.1, -0.05) is 5.16 Å². The van der Waals surface area contributed by atoms with Crippen LogP contribution in [0.3, 0.4) is 0 Å². The lowest BCUT2D eigenvalue weighted by atomic mass is 9.92. The molecule has 0 saturated carbocycles. The number of aryl methyl sites for hydroxylation is 1. The number of hydrogen-bond donors (Lipinski definition) is 1. The number of piperidine rings is 1. The zero-order chi connectivity index (χ0) is 11.8. The van der Waals surface area contributed by atoms with Crippen molar-refractivity contribution < 1.29 is 9.32 Å². The van der Waals surface area contributed by atoms with E-state index in [2.05, 4.69) is 10.5 Å². The number of nitrogens with one attached hydrogen (secondary N) is 1. The van der Waals surface area contributed by atoms with Crippen LogP contribution in [0.5, 0.6) is 0 Å². The average Bonchev–Trinajstić information content (AvgIpc) is 2.95. The van der Waals surface area contributed by atoms with Gasteiger partial charge in [0.2, 0.25) is 5.76 Å². The van der Waals surface area contributed by atoms with E-state index in [4.69, 9.17) is 4.52 Å². The fourth-order valence-corrected chi connectivity index (χ4v) is 2.95. The minimum atomic E-state index is -0.00148. The van der Waals surface area contributed by atoms with Gasteiger partial charge in [0, 0.05) is 31.2 Å². The quantitative estimate of drug-likeness (QED) is 0.782. The molecule has 2 aliphatic rings. The molecule has 0 radical (unpaired) electrons. The summed E-state index contributed by atoms with van der Waals surface area (Å²) in [7, 11) is 0. The Morgan fingerprint density at radius 2 is 2.47 bits per heavy atom. The zero-order valence-corrected chi connectivity index (χ0v) is 9.98. The Morgan fingerprint density at radius 3 is 3.24 bits per heavy atom. The first-order valence-corrected chi connectivity index (χ1v) is 6.20. The van der Waals surface area contributed by atoms with E-state index in [-0.39, 0.29) is 5.91 Å². The highest BCUT2D eigenvalue weighted by atomic mass is 16.5. The first kappa shape index (κ1) is 10.8. The topological polar surface area (TPSA) is 58.4 Å². The van der Waals surface area contributed by atoms with Crippen molar-refractivity contribution in [3.8, 4) is 0 Å². The molecule has 2 fully saturated rings. The van der Waals surface area contributed by atoms with Crippen molar-refractivity contribution >= 4 is 5.91 Å². The lowest BCUT2D eigenvalue weighted by Gasteiger charge is -2.36. The third kappa shape index (κ3) is 1.74. The van der Waals surface area contributed by atoms with Gasteiger partial charge in [0.05, 0.1) is 6.20 Å². The van der Waals surface area contributed by atoms with Gasteiger partial charge >= 0.3 is 0 Å². The lowest BCUT2D eigenvalue weighted by Crippen LogP contribution is -2.48. The van der Waals surface area contributed by atoms with Crippen LogP contribution in [0.15, 0.2) is 10.7 Å². The van der Waals surface area contributed by atoms with Crippen LogP contribution in [0.25, 0.3) is 0 Å². The fraction of sp³-hybridized carbons (Fsp3) is 0.667. The number of carbonyl (C=O) groups is 1. The molecule has 1 amide bonds. The van der Waals surface area contributed by atoms with Crippen LogP contribution in [0.4, 0.5) is 0 Å². The molecule has 17 heavy (non-hydrogen) atoms. The molecule has 5 heteroatoms. The van der Waals surface area contributed by atoms with Crippen LogP contribution in [-0.2, 0) is 0 Å². The van der Waals surface area contributed by atoms with Gasteiger partial charge in [-0.15, -0.1) is 0 Å². The summed E-state index contributed by atoms with van der Waals surface area (Å²) in [6.45, 7) is 4.63. The number of fused-ring (bicyclic) bond motifs is 1. The van der Waals surface area contributed by atoms with Crippen molar-refractivity contribution in [2.45, 2.75) is 25.8 Å². The molecule has 2 atom stereocenters. The SMILES string of the molecule is Cc1cnoc1C(=O)N1CCCC2CNCC21. The highest BCUT2D eigenvalue weighted by Crippen LogP contribution is 2.28. The Labute approximate surface area is 100 Å². The molecule has 0 bridgehead atoms. The summed E-state index contributed by atoms with van der Waals surface area (Å²) in [5, 5.41) is 7.05. The number of rotatable bonds is 1. The molecule has 0 aromatic carbocycles. The second-order valence-electron chi connectivity index (χ2n) is 4.96. The molecule has 92 valence electrons. The van der Waals surface area contributed by atoms with Gasteiger partial charge in [0.15, 0.2) is 0 Å². The normalized spacial score (nSPS) is 28.2. The highest BCUT2D eigenvalue weighted by molar-refractivity contribution is 5.93. The van der Waals surface area contributed by atoms with Gasteiger partial charge in [-0.2, -0.15) is 0 Å². The summed E-state index contributed by atoms with van der Waals surface area (Å²) in [5.74, 6) is 1.01.